The number of ketones is 1. The van der Waals surface area contributed by atoms with E-state index in [1.807, 2.05) is 20.8 Å². The van der Waals surface area contributed by atoms with Crippen LogP contribution in [0.25, 0.3) is 0 Å². The minimum Gasteiger partial charge on any atom is -0.504 e. The number of phenolic OH excluding ortho intramolecular Hbond substituents is 1. The van der Waals surface area contributed by atoms with Crippen molar-refractivity contribution in [2.24, 2.45) is 0 Å². The third-order valence-corrected chi connectivity index (χ3v) is 2.96. The van der Waals surface area contributed by atoms with Gasteiger partial charge in [-0.3, -0.25) is 4.79 Å². The molecule has 0 saturated carbocycles. The number of rotatable bonds is 7. The Morgan fingerprint density at radius 2 is 1.91 bits per heavy atom. The molecule has 5 heteroatoms. The molecule has 0 aliphatic carbocycles. The second-order valence-electron chi connectivity index (χ2n) is 5.40. The van der Waals surface area contributed by atoms with Gasteiger partial charge in [0.05, 0.1) is 12.7 Å². The van der Waals surface area contributed by atoms with E-state index < -0.39 is 5.97 Å². The Hall–Kier alpha value is -2.56. The standard InChI is InChI=1S/C18H22O5/c1-12(2)9-15(19)10-13(3)7-8-23-18(21)14-5-6-16(20)17(11-14)22-4/h5-7,9,11,20H,8,10H2,1-4H3. The van der Waals surface area contributed by atoms with E-state index in [1.165, 1.54) is 25.3 Å². The molecule has 23 heavy (non-hydrogen) atoms. The molecular formula is C18H22O5. The maximum atomic E-state index is 11.9. The Kier molecular flexibility index (Phi) is 7.06. The number of benzene rings is 1. The summed E-state index contributed by atoms with van der Waals surface area (Å²) in [5.41, 5.74) is 2.07. The fourth-order valence-electron chi connectivity index (χ4n) is 1.87. The lowest BCUT2D eigenvalue weighted by Crippen LogP contribution is -2.06. The summed E-state index contributed by atoms with van der Waals surface area (Å²) in [5.74, 6) is -0.340. The molecule has 1 aromatic carbocycles. The van der Waals surface area contributed by atoms with Crippen molar-refractivity contribution >= 4 is 11.8 Å². The van der Waals surface area contributed by atoms with Crippen LogP contribution in [0.5, 0.6) is 11.5 Å². The van der Waals surface area contributed by atoms with Gasteiger partial charge in [0.1, 0.15) is 6.61 Å². The van der Waals surface area contributed by atoms with Crippen LogP contribution in [0.2, 0.25) is 0 Å². The lowest BCUT2D eigenvalue weighted by Gasteiger charge is -2.06. The van der Waals surface area contributed by atoms with E-state index >= 15 is 0 Å². The van der Waals surface area contributed by atoms with Gasteiger partial charge in [0, 0.05) is 6.42 Å². The minimum atomic E-state index is -0.525. The SMILES string of the molecule is COc1cc(C(=O)OCC=C(C)CC(=O)C=C(C)C)ccc1O. The number of esters is 1. The third kappa shape index (κ3) is 6.38. The molecule has 0 atom stereocenters. The topological polar surface area (TPSA) is 72.8 Å². The molecule has 0 aliphatic rings. The summed E-state index contributed by atoms with van der Waals surface area (Å²) in [6.45, 7) is 5.62. The molecule has 0 spiro atoms. The van der Waals surface area contributed by atoms with Gasteiger partial charge >= 0.3 is 5.97 Å². The summed E-state index contributed by atoms with van der Waals surface area (Å²) in [5, 5.41) is 9.49. The van der Waals surface area contributed by atoms with Gasteiger partial charge in [0.25, 0.3) is 0 Å². The quantitative estimate of drug-likeness (QED) is 0.474. The molecule has 0 amide bonds. The Morgan fingerprint density at radius 3 is 2.52 bits per heavy atom. The van der Waals surface area contributed by atoms with Crippen molar-refractivity contribution in [2.75, 3.05) is 13.7 Å². The Labute approximate surface area is 136 Å². The van der Waals surface area contributed by atoms with Crippen LogP contribution in [0, 0.1) is 0 Å². The number of hydrogen-bond donors (Lipinski definition) is 1. The number of allylic oxidation sites excluding steroid dienone is 3. The monoisotopic (exact) mass is 318 g/mol. The molecule has 1 aromatic rings. The van der Waals surface area contributed by atoms with Gasteiger partial charge in [-0.05, 0) is 51.1 Å². The molecule has 0 unspecified atom stereocenters. The van der Waals surface area contributed by atoms with Crippen LogP contribution in [-0.4, -0.2) is 30.6 Å². The van der Waals surface area contributed by atoms with Crippen LogP contribution in [0.4, 0.5) is 0 Å². The number of carbonyl (C=O) groups excluding carboxylic acids is 2. The molecule has 0 bridgehead atoms. The predicted octanol–water partition coefficient (Wildman–Crippen LogP) is 3.43. The highest BCUT2D eigenvalue weighted by molar-refractivity contribution is 5.92. The molecule has 0 aromatic heterocycles. The first-order chi connectivity index (χ1) is 10.8. The second kappa shape index (κ2) is 8.78. The van der Waals surface area contributed by atoms with Crippen molar-refractivity contribution in [1.82, 2.24) is 0 Å². The molecule has 5 nitrogen and oxygen atoms in total. The van der Waals surface area contributed by atoms with Crippen molar-refractivity contribution < 1.29 is 24.2 Å². The second-order valence-corrected chi connectivity index (χ2v) is 5.40. The van der Waals surface area contributed by atoms with Gasteiger partial charge < -0.3 is 14.6 Å². The van der Waals surface area contributed by atoms with Crippen LogP contribution in [0.1, 0.15) is 37.6 Å². The molecular weight excluding hydrogens is 296 g/mol. The smallest absolute Gasteiger partial charge is 0.338 e. The Morgan fingerprint density at radius 1 is 1.22 bits per heavy atom. The molecule has 0 radical (unpaired) electrons. The maximum Gasteiger partial charge on any atom is 0.338 e. The average Bonchev–Trinajstić information content (AvgIpc) is 2.46. The van der Waals surface area contributed by atoms with E-state index in [0.717, 1.165) is 11.1 Å². The van der Waals surface area contributed by atoms with Crippen LogP contribution in [-0.2, 0) is 9.53 Å². The molecule has 1 rings (SSSR count). The van der Waals surface area contributed by atoms with E-state index in [4.69, 9.17) is 9.47 Å². The molecule has 1 N–H and O–H groups in total. The van der Waals surface area contributed by atoms with Gasteiger partial charge in [0.15, 0.2) is 17.3 Å². The van der Waals surface area contributed by atoms with Gasteiger partial charge in [-0.1, -0.05) is 11.1 Å². The maximum absolute atomic E-state index is 11.9. The van der Waals surface area contributed by atoms with Crippen molar-refractivity contribution in [3.63, 3.8) is 0 Å². The number of hydrogen-bond acceptors (Lipinski definition) is 5. The van der Waals surface area contributed by atoms with Crippen molar-refractivity contribution in [3.8, 4) is 11.5 Å². The Balaban J connectivity index is 2.57. The molecule has 0 aliphatic heterocycles. The number of carbonyl (C=O) groups is 2. The van der Waals surface area contributed by atoms with Gasteiger partial charge in [-0.15, -0.1) is 0 Å². The van der Waals surface area contributed by atoms with Crippen molar-refractivity contribution in [2.45, 2.75) is 27.2 Å². The summed E-state index contributed by atoms with van der Waals surface area (Å²) >= 11 is 0. The highest BCUT2D eigenvalue weighted by Crippen LogP contribution is 2.26. The molecule has 0 saturated heterocycles. The highest BCUT2D eigenvalue weighted by atomic mass is 16.5. The minimum absolute atomic E-state index is 0.0216. The van der Waals surface area contributed by atoms with E-state index in [2.05, 4.69) is 0 Å². The average molecular weight is 318 g/mol. The number of phenols is 1. The van der Waals surface area contributed by atoms with Crippen LogP contribution >= 0.6 is 0 Å². The zero-order valence-electron chi connectivity index (χ0n) is 13.9. The largest absolute Gasteiger partial charge is 0.504 e. The van der Waals surface area contributed by atoms with Crippen molar-refractivity contribution in [1.29, 1.82) is 0 Å². The summed E-state index contributed by atoms with van der Waals surface area (Å²) in [7, 11) is 1.40. The summed E-state index contributed by atoms with van der Waals surface area (Å²) in [6, 6.07) is 4.23. The lowest BCUT2D eigenvalue weighted by atomic mass is 10.1. The number of ether oxygens (including phenoxy) is 2. The fourth-order valence-corrected chi connectivity index (χ4v) is 1.87. The number of methoxy groups -OCH3 is 1. The normalized spacial score (nSPS) is 10.9. The first-order valence-electron chi connectivity index (χ1n) is 7.21. The predicted molar refractivity (Wildman–Crippen MR) is 87.8 cm³/mol. The van der Waals surface area contributed by atoms with Crippen molar-refractivity contribution in [3.05, 3.63) is 47.1 Å². The first-order valence-corrected chi connectivity index (χ1v) is 7.21. The zero-order valence-corrected chi connectivity index (χ0v) is 13.9. The third-order valence-electron chi connectivity index (χ3n) is 2.96. The molecule has 124 valence electrons. The lowest BCUT2D eigenvalue weighted by molar-refractivity contribution is -0.114. The number of aromatic hydroxyl groups is 1. The van der Waals surface area contributed by atoms with Crippen LogP contribution in [0.15, 0.2) is 41.5 Å². The van der Waals surface area contributed by atoms with Gasteiger partial charge in [-0.2, -0.15) is 0 Å². The van der Waals surface area contributed by atoms with Crippen LogP contribution in [0.3, 0.4) is 0 Å². The zero-order chi connectivity index (χ0) is 17.4. The summed E-state index contributed by atoms with van der Waals surface area (Å²) < 4.78 is 10.1. The Bertz CT molecular complexity index is 637. The molecule has 0 fully saturated rings. The van der Waals surface area contributed by atoms with E-state index in [1.54, 1.807) is 12.2 Å². The van der Waals surface area contributed by atoms with E-state index in [9.17, 15) is 14.7 Å². The van der Waals surface area contributed by atoms with E-state index in [-0.39, 0.29) is 29.5 Å². The summed E-state index contributed by atoms with van der Waals surface area (Å²) in [6.07, 6.45) is 3.59. The van der Waals surface area contributed by atoms with E-state index in [0.29, 0.717) is 6.42 Å². The fraction of sp³-hybridized carbons (Fsp3) is 0.333. The highest BCUT2D eigenvalue weighted by Gasteiger charge is 2.10. The van der Waals surface area contributed by atoms with Gasteiger partial charge in [-0.25, -0.2) is 4.79 Å². The molecule has 0 heterocycles. The van der Waals surface area contributed by atoms with Crippen LogP contribution < -0.4 is 4.74 Å². The van der Waals surface area contributed by atoms with Gasteiger partial charge in [0.2, 0.25) is 0 Å². The first kappa shape index (κ1) is 18.5. The summed E-state index contributed by atoms with van der Waals surface area (Å²) in [4.78, 5) is 23.5.